The molecule has 0 aliphatic heterocycles. The molecule has 0 saturated heterocycles. The molecule has 20 rings (SSSR count). The molecule has 18 nitrogen and oxygen atoms in total. The lowest BCUT2D eigenvalue weighted by atomic mass is 10.1. The van der Waals surface area contributed by atoms with Crippen molar-refractivity contribution in [2.45, 2.75) is 0 Å². The van der Waals surface area contributed by atoms with E-state index in [0.717, 1.165) is 159 Å². The molecule has 0 radical (unpaired) electrons. The monoisotopic (exact) mass is 1190 g/mol. The van der Waals surface area contributed by atoms with Crippen molar-refractivity contribution in [3.05, 3.63) is 234 Å². The SMILES string of the molecule is Brc1ccc2c(c1)c1nc3ccccc3n1c1nccnc21.O=c1ccc2c(c1)c1nc3ccccc3n1c1ncc[nH]c21.c1ccc2c(c1)nc1c3cc(Oc4ccc5c(c4)c4nc6ccccc6n4c4nccnc54)ccc3c3nccnc3n21. The molecule has 0 fully saturated rings. The van der Waals surface area contributed by atoms with Gasteiger partial charge in [0.15, 0.2) is 28.0 Å². The summed E-state index contributed by atoms with van der Waals surface area (Å²) >= 11 is 3.55. The molecule has 0 spiro atoms. The topological polar surface area (TPSA) is 202 Å². The van der Waals surface area contributed by atoms with Crippen LogP contribution in [0.15, 0.2) is 229 Å². The Morgan fingerprint density at radius 3 is 1.16 bits per heavy atom. The van der Waals surface area contributed by atoms with Crippen molar-refractivity contribution >= 4 is 170 Å². The van der Waals surface area contributed by atoms with E-state index in [0.29, 0.717) is 11.5 Å². The van der Waals surface area contributed by atoms with Crippen molar-refractivity contribution in [2.24, 2.45) is 0 Å². The number of fused-ring (bicyclic) bond motifs is 32. The molecule has 0 saturated carbocycles. The highest BCUT2D eigenvalue weighted by atomic mass is 79.9. The molecule has 12 aromatic heterocycles. The zero-order chi connectivity index (χ0) is 57.4. The number of H-pyrrole nitrogens is 1. The first-order chi connectivity index (χ1) is 43.0. The van der Waals surface area contributed by atoms with Crippen LogP contribution < -0.4 is 10.2 Å². The molecule has 87 heavy (non-hydrogen) atoms. The first-order valence-corrected chi connectivity index (χ1v) is 28.6. The third-order valence-electron chi connectivity index (χ3n) is 16.0. The Bertz CT molecular complexity index is 6200. The number of pyridine rings is 4. The fourth-order valence-corrected chi connectivity index (χ4v) is 12.8. The van der Waals surface area contributed by atoms with Gasteiger partial charge in [-0.2, -0.15) is 0 Å². The number of aromatic amines is 1. The highest BCUT2D eigenvalue weighted by Crippen LogP contribution is 2.38. The molecule has 1 N–H and O–H groups in total. The Hall–Kier alpha value is -12.0. The van der Waals surface area contributed by atoms with Gasteiger partial charge in [0.25, 0.3) is 0 Å². The molecular weight excluding hydrogens is 1150 g/mol. The highest BCUT2D eigenvalue weighted by Gasteiger charge is 2.21. The number of hydrogen-bond acceptors (Lipinski definition) is 13. The van der Waals surface area contributed by atoms with Crippen LogP contribution >= 0.6 is 15.9 Å². The fourth-order valence-electron chi connectivity index (χ4n) is 12.4. The summed E-state index contributed by atoms with van der Waals surface area (Å²) in [7, 11) is 0. The Kier molecular flexibility index (Phi) is 10.5. The second-order valence-electron chi connectivity index (χ2n) is 20.9. The van der Waals surface area contributed by atoms with Crippen LogP contribution in [0.2, 0.25) is 0 Å². The van der Waals surface area contributed by atoms with Gasteiger partial charge in [0.1, 0.15) is 50.6 Å². The largest absolute Gasteiger partial charge is 0.457 e. The molecule has 12 heterocycles. The highest BCUT2D eigenvalue weighted by molar-refractivity contribution is 9.10. The van der Waals surface area contributed by atoms with E-state index in [1.807, 2.05) is 132 Å². The number of ether oxygens (including phenoxy) is 1. The first kappa shape index (κ1) is 48.6. The van der Waals surface area contributed by atoms with Gasteiger partial charge < -0.3 is 9.72 Å². The Morgan fingerprint density at radius 2 is 0.701 bits per heavy atom. The number of imidazole rings is 4. The maximum atomic E-state index is 11.8. The molecule has 0 atom stereocenters. The summed E-state index contributed by atoms with van der Waals surface area (Å²) < 4.78 is 15.8. The average molecular weight is 1190 g/mol. The minimum absolute atomic E-state index is 0.0234. The van der Waals surface area contributed by atoms with Gasteiger partial charge in [-0.25, -0.2) is 39.9 Å². The maximum absolute atomic E-state index is 11.8. The number of hydrogen-bond donors (Lipinski definition) is 1. The molecule has 19 heteroatoms. The standard InChI is InChI=1S/C34H18N8O.C17H9BrN4.C17H10N4O/c1-3-7-27-25(5-1)39-31-23-17-19(9-11-21(23)29-33(41(27)31)37-15-13-35-29)43-20-10-12-22-24(18-20)32-40-26-6-2-4-8-28(26)42(32)34-30(22)36-14-16-38-34;18-10-5-6-11-12(9-10)16-21-13-3-1-2-4-14(13)22(16)17-15(11)19-7-8-20-17;22-10-5-6-11-12(9-10)16-20-13-3-1-2-4-14(13)21(16)17-15(11)18-7-8-19-17/h1-18H;1-9H;1-9,18H. The van der Waals surface area contributed by atoms with E-state index in [1.54, 1.807) is 61.7 Å². The summed E-state index contributed by atoms with van der Waals surface area (Å²) in [5.74, 6) is 1.38. The van der Waals surface area contributed by atoms with Crippen LogP contribution in [-0.2, 0) is 0 Å². The summed E-state index contributed by atoms with van der Waals surface area (Å²) in [6.45, 7) is 0. The lowest BCUT2D eigenvalue weighted by molar-refractivity contribution is 0.484. The third-order valence-corrected chi connectivity index (χ3v) is 16.5. The van der Waals surface area contributed by atoms with E-state index in [4.69, 9.17) is 34.6 Å². The number of nitrogens with one attached hydrogen (secondary N) is 1. The minimum Gasteiger partial charge on any atom is -0.457 e. The predicted octanol–water partition coefficient (Wildman–Crippen LogP) is 14.5. The number of nitrogens with zero attached hydrogens (tertiary/aromatic N) is 15. The van der Waals surface area contributed by atoms with E-state index in [1.165, 1.54) is 0 Å². The van der Waals surface area contributed by atoms with Crippen LogP contribution in [-0.4, -0.2) is 77.4 Å². The van der Waals surface area contributed by atoms with E-state index in [-0.39, 0.29) is 5.43 Å². The quantitative estimate of drug-likeness (QED) is 0.160. The van der Waals surface area contributed by atoms with Crippen molar-refractivity contribution < 1.29 is 4.74 Å². The van der Waals surface area contributed by atoms with Crippen LogP contribution in [0.5, 0.6) is 11.5 Å². The number of rotatable bonds is 2. The molecule has 0 amide bonds. The van der Waals surface area contributed by atoms with Gasteiger partial charge in [0.05, 0.1) is 49.7 Å². The van der Waals surface area contributed by atoms with Crippen LogP contribution in [0.1, 0.15) is 0 Å². The van der Waals surface area contributed by atoms with Crippen molar-refractivity contribution in [1.29, 1.82) is 0 Å². The second kappa shape index (κ2) is 18.8. The summed E-state index contributed by atoms with van der Waals surface area (Å²) in [4.78, 5) is 66.9. The zero-order valence-electron chi connectivity index (χ0n) is 45.2. The molecule has 408 valence electrons. The molecule has 8 aromatic carbocycles. The molecule has 0 aliphatic carbocycles. The smallest absolute Gasteiger partial charge is 0.179 e. The molecule has 20 aromatic rings. The summed E-state index contributed by atoms with van der Waals surface area (Å²) in [5, 5.41) is 7.72. The number of para-hydroxylation sites is 8. The average Bonchev–Trinajstić information content (AvgIpc) is 1.86. The number of aromatic nitrogens is 16. The van der Waals surface area contributed by atoms with Crippen molar-refractivity contribution in [3.8, 4) is 11.5 Å². The van der Waals surface area contributed by atoms with Gasteiger partial charge in [-0.15, -0.1) is 0 Å². The molecule has 0 unspecified atom stereocenters. The van der Waals surface area contributed by atoms with Crippen molar-refractivity contribution in [1.82, 2.24) is 77.4 Å². The van der Waals surface area contributed by atoms with Crippen LogP contribution in [0.3, 0.4) is 0 Å². The molecule has 0 bridgehead atoms. The van der Waals surface area contributed by atoms with Gasteiger partial charge in [0.2, 0.25) is 0 Å². The van der Waals surface area contributed by atoms with Gasteiger partial charge in [-0.3, -0.25) is 37.3 Å². The lowest BCUT2D eigenvalue weighted by Gasteiger charge is -2.12. The summed E-state index contributed by atoms with van der Waals surface area (Å²) in [5.41, 5.74) is 17.5. The Balaban J connectivity index is 0.000000108. The van der Waals surface area contributed by atoms with E-state index >= 15 is 0 Å². The van der Waals surface area contributed by atoms with E-state index < -0.39 is 0 Å². The van der Waals surface area contributed by atoms with Crippen molar-refractivity contribution in [3.63, 3.8) is 0 Å². The molecular formula is C68H37BrN16O2. The molecule has 0 aliphatic rings. The van der Waals surface area contributed by atoms with Crippen molar-refractivity contribution in [2.75, 3.05) is 0 Å². The van der Waals surface area contributed by atoms with Crippen LogP contribution in [0.4, 0.5) is 0 Å². The Labute approximate surface area is 495 Å². The fraction of sp³-hybridized carbons (Fsp3) is 0. The van der Waals surface area contributed by atoms with Gasteiger partial charge >= 0.3 is 0 Å². The summed E-state index contributed by atoms with van der Waals surface area (Å²) in [6, 6.07) is 55.4. The summed E-state index contributed by atoms with van der Waals surface area (Å²) in [6.07, 6.45) is 13.8. The van der Waals surface area contributed by atoms with E-state index in [9.17, 15) is 4.79 Å². The van der Waals surface area contributed by atoms with Crippen LogP contribution in [0.25, 0.3) is 154 Å². The van der Waals surface area contributed by atoms with Gasteiger partial charge in [-0.1, -0.05) is 70.5 Å². The van der Waals surface area contributed by atoms with Gasteiger partial charge in [-0.05, 0) is 115 Å². The van der Waals surface area contributed by atoms with Crippen LogP contribution in [0, 0.1) is 0 Å². The normalized spacial score (nSPS) is 12.0. The lowest BCUT2D eigenvalue weighted by Crippen LogP contribution is -2.00. The Morgan fingerprint density at radius 1 is 0.333 bits per heavy atom. The third kappa shape index (κ3) is 7.39. The number of benzene rings is 8. The second-order valence-corrected chi connectivity index (χ2v) is 21.8. The van der Waals surface area contributed by atoms with E-state index in [2.05, 4.69) is 89.4 Å². The minimum atomic E-state index is -0.0234. The predicted molar refractivity (Wildman–Crippen MR) is 344 cm³/mol. The zero-order valence-corrected chi connectivity index (χ0v) is 46.8. The number of halogens is 1. The first-order valence-electron chi connectivity index (χ1n) is 27.8. The maximum Gasteiger partial charge on any atom is 0.179 e. The van der Waals surface area contributed by atoms with Gasteiger partial charge in [0, 0.05) is 97.1 Å².